The highest BCUT2D eigenvalue weighted by molar-refractivity contribution is 9.10. The lowest BCUT2D eigenvalue weighted by Gasteiger charge is -2.23. The van der Waals surface area contributed by atoms with Gasteiger partial charge in [-0.05, 0) is 67.6 Å². The summed E-state index contributed by atoms with van der Waals surface area (Å²) in [5.74, 6) is 0.815. The van der Waals surface area contributed by atoms with Gasteiger partial charge >= 0.3 is 0 Å². The standard InChI is InChI=1S/C18H22BrNO/c1-10-8-11(2)13(4)17(12(10)3)18(20)15-7-6-14(19)9-16(15)21-5/h6-9,18H,20H2,1-5H3. The Balaban J connectivity index is 2.63. The van der Waals surface area contributed by atoms with E-state index in [2.05, 4.69) is 49.7 Å². The summed E-state index contributed by atoms with van der Waals surface area (Å²) in [5.41, 5.74) is 13.9. The number of hydrogen-bond acceptors (Lipinski definition) is 2. The molecule has 21 heavy (non-hydrogen) atoms. The van der Waals surface area contributed by atoms with E-state index >= 15 is 0 Å². The van der Waals surface area contributed by atoms with Crippen molar-refractivity contribution in [2.24, 2.45) is 5.73 Å². The summed E-state index contributed by atoms with van der Waals surface area (Å²) in [6, 6.07) is 8.03. The number of rotatable bonds is 3. The number of methoxy groups -OCH3 is 1. The van der Waals surface area contributed by atoms with E-state index in [1.54, 1.807) is 7.11 Å². The Morgan fingerprint density at radius 1 is 1.00 bits per heavy atom. The Labute approximate surface area is 135 Å². The monoisotopic (exact) mass is 347 g/mol. The molecule has 2 aromatic carbocycles. The third kappa shape index (κ3) is 2.99. The van der Waals surface area contributed by atoms with Crippen LogP contribution in [0.1, 0.15) is 39.4 Å². The number of halogens is 1. The minimum Gasteiger partial charge on any atom is -0.496 e. The lowest BCUT2D eigenvalue weighted by atomic mass is 9.87. The third-order valence-electron chi connectivity index (χ3n) is 4.27. The predicted molar refractivity (Wildman–Crippen MR) is 92.1 cm³/mol. The van der Waals surface area contributed by atoms with Crippen LogP contribution in [-0.4, -0.2) is 7.11 Å². The minimum absolute atomic E-state index is 0.188. The van der Waals surface area contributed by atoms with Crippen LogP contribution in [0.25, 0.3) is 0 Å². The molecule has 2 N–H and O–H groups in total. The molecule has 0 spiro atoms. The van der Waals surface area contributed by atoms with Crippen LogP contribution in [0, 0.1) is 27.7 Å². The minimum atomic E-state index is -0.188. The molecule has 0 saturated carbocycles. The second-order valence-electron chi connectivity index (χ2n) is 5.54. The molecule has 2 rings (SSSR count). The highest BCUT2D eigenvalue weighted by Gasteiger charge is 2.20. The zero-order valence-electron chi connectivity index (χ0n) is 13.3. The van der Waals surface area contributed by atoms with Gasteiger partial charge in [0.1, 0.15) is 5.75 Å². The van der Waals surface area contributed by atoms with E-state index in [-0.39, 0.29) is 6.04 Å². The number of hydrogen-bond donors (Lipinski definition) is 1. The summed E-state index contributed by atoms with van der Waals surface area (Å²) >= 11 is 3.47. The van der Waals surface area contributed by atoms with Gasteiger partial charge < -0.3 is 10.5 Å². The van der Waals surface area contributed by atoms with Gasteiger partial charge in [0, 0.05) is 10.0 Å². The highest BCUT2D eigenvalue weighted by Crippen LogP contribution is 2.35. The van der Waals surface area contributed by atoms with Crippen LogP contribution in [0.5, 0.6) is 5.75 Å². The van der Waals surface area contributed by atoms with Crippen molar-refractivity contribution in [1.29, 1.82) is 0 Å². The maximum Gasteiger partial charge on any atom is 0.125 e. The van der Waals surface area contributed by atoms with Crippen molar-refractivity contribution in [3.05, 3.63) is 62.1 Å². The van der Waals surface area contributed by atoms with Gasteiger partial charge in [-0.3, -0.25) is 0 Å². The average molecular weight is 348 g/mol. The molecular weight excluding hydrogens is 326 g/mol. The van der Waals surface area contributed by atoms with Gasteiger partial charge in [0.05, 0.1) is 13.2 Å². The predicted octanol–water partition coefficient (Wildman–Crippen LogP) is 4.74. The zero-order chi connectivity index (χ0) is 15.7. The highest BCUT2D eigenvalue weighted by atomic mass is 79.9. The summed E-state index contributed by atoms with van der Waals surface area (Å²) in [5, 5.41) is 0. The van der Waals surface area contributed by atoms with Crippen LogP contribution in [0.4, 0.5) is 0 Å². The van der Waals surface area contributed by atoms with Crippen LogP contribution in [0.3, 0.4) is 0 Å². The molecule has 0 aliphatic heterocycles. The van der Waals surface area contributed by atoms with Crippen molar-refractivity contribution in [3.63, 3.8) is 0 Å². The fraction of sp³-hybridized carbons (Fsp3) is 0.333. The fourth-order valence-corrected chi connectivity index (χ4v) is 3.15. The SMILES string of the molecule is COc1cc(Br)ccc1C(N)c1c(C)c(C)cc(C)c1C. The molecule has 1 atom stereocenters. The molecule has 0 amide bonds. The molecule has 0 aromatic heterocycles. The van der Waals surface area contributed by atoms with Gasteiger partial charge in [-0.25, -0.2) is 0 Å². The summed E-state index contributed by atoms with van der Waals surface area (Å²) in [4.78, 5) is 0. The van der Waals surface area contributed by atoms with Crippen molar-refractivity contribution >= 4 is 15.9 Å². The first kappa shape index (κ1) is 16.1. The normalized spacial score (nSPS) is 12.3. The molecular formula is C18H22BrNO. The molecule has 0 saturated heterocycles. The van der Waals surface area contributed by atoms with E-state index in [1.165, 1.54) is 27.8 Å². The molecule has 0 aliphatic rings. The van der Waals surface area contributed by atoms with E-state index in [9.17, 15) is 0 Å². The molecule has 0 aliphatic carbocycles. The van der Waals surface area contributed by atoms with E-state index in [4.69, 9.17) is 10.5 Å². The summed E-state index contributed by atoms with van der Waals surface area (Å²) in [6.45, 7) is 8.55. The average Bonchev–Trinajstić information content (AvgIpc) is 2.45. The Bertz CT molecular complexity index is 653. The maximum atomic E-state index is 6.59. The molecule has 0 bridgehead atoms. The molecule has 2 aromatic rings. The molecule has 3 heteroatoms. The van der Waals surface area contributed by atoms with Crippen molar-refractivity contribution in [2.75, 3.05) is 7.11 Å². The molecule has 0 fully saturated rings. The van der Waals surface area contributed by atoms with E-state index in [0.717, 1.165) is 15.8 Å². The first-order valence-corrected chi connectivity index (χ1v) is 7.82. The molecule has 1 unspecified atom stereocenters. The van der Waals surface area contributed by atoms with Gasteiger partial charge in [-0.2, -0.15) is 0 Å². The number of nitrogens with two attached hydrogens (primary N) is 1. The molecule has 0 radical (unpaired) electrons. The van der Waals surface area contributed by atoms with E-state index in [0.29, 0.717) is 0 Å². The molecule has 2 nitrogen and oxygen atoms in total. The summed E-state index contributed by atoms with van der Waals surface area (Å²) < 4.78 is 6.49. The van der Waals surface area contributed by atoms with Crippen molar-refractivity contribution in [2.45, 2.75) is 33.7 Å². The Morgan fingerprint density at radius 3 is 2.10 bits per heavy atom. The van der Waals surface area contributed by atoms with Crippen LogP contribution >= 0.6 is 15.9 Å². The number of ether oxygens (including phenoxy) is 1. The van der Waals surface area contributed by atoms with Gasteiger partial charge in [-0.1, -0.05) is 28.1 Å². The Hall–Kier alpha value is -1.32. The largest absolute Gasteiger partial charge is 0.496 e. The Kier molecular flexibility index (Phi) is 4.74. The van der Waals surface area contributed by atoms with Crippen molar-refractivity contribution in [3.8, 4) is 5.75 Å². The fourth-order valence-electron chi connectivity index (χ4n) is 2.81. The van der Waals surface area contributed by atoms with Gasteiger partial charge in [0.25, 0.3) is 0 Å². The van der Waals surface area contributed by atoms with Gasteiger partial charge in [-0.15, -0.1) is 0 Å². The lowest BCUT2D eigenvalue weighted by Crippen LogP contribution is -2.17. The summed E-state index contributed by atoms with van der Waals surface area (Å²) in [7, 11) is 1.68. The van der Waals surface area contributed by atoms with Crippen LogP contribution in [-0.2, 0) is 0 Å². The third-order valence-corrected chi connectivity index (χ3v) is 4.76. The molecule has 0 heterocycles. The summed E-state index contributed by atoms with van der Waals surface area (Å²) in [6.07, 6.45) is 0. The first-order valence-electron chi connectivity index (χ1n) is 7.03. The smallest absolute Gasteiger partial charge is 0.125 e. The van der Waals surface area contributed by atoms with Gasteiger partial charge in [0.2, 0.25) is 0 Å². The molecule has 112 valence electrons. The Morgan fingerprint density at radius 2 is 1.57 bits per heavy atom. The first-order chi connectivity index (χ1) is 9.86. The second kappa shape index (κ2) is 6.20. The van der Waals surface area contributed by atoms with E-state index < -0.39 is 0 Å². The number of benzene rings is 2. The van der Waals surface area contributed by atoms with Crippen LogP contribution < -0.4 is 10.5 Å². The lowest BCUT2D eigenvalue weighted by molar-refractivity contribution is 0.407. The van der Waals surface area contributed by atoms with Crippen molar-refractivity contribution < 1.29 is 4.74 Å². The van der Waals surface area contributed by atoms with Crippen LogP contribution in [0.2, 0.25) is 0 Å². The second-order valence-corrected chi connectivity index (χ2v) is 6.45. The quantitative estimate of drug-likeness (QED) is 0.870. The topological polar surface area (TPSA) is 35.2 Å². The maximum absolute atomic E-state index is 6.59. The number of aryl methyl sites for hydroxylation is 2. The van der Waals surface area contributed by atoms with Gasteiger partial charge in [0.15, 0.2) is 0 Å². The van der Waals surface area contributed by atoms with Crippen molar-refractivity contribution in [1.82, 2.24) is 0 Å². The van der Waals surface area contributed by atoms with E-state index in [1.807, 2.05) is 18.2 Å². The zero-order valence-corrected chi connectivity index (χ0v) is 14.8. The van der Waals surface area contributed by atoms with Crippen LogP contribution in [0.15, 0.2) is 28.7 Å².